The predicted molar refractivity (Wildman–Crippen MR) is 184 cm³/mol. The van der Waals surface area contributed by atoms with E-state index >= 15 is 0 Å². The fraction of sp³-hybridized carbons (Fsp3) is 0.353. The number of amides is 6. The van der Waals surface area contributed by atoms with Gasteiger partial charge in [0.2, 0.25) is 17.7 Å². The van der Waals surface area contributed by atoms with Gasteiger partial charge in [-0.05, 0) is 88.6 Å². The van der Waals surface area contributed by atoms with Gasteiger partial charge < -0.3 is 36.2 Å². The quantitative estimate of drug-likeness (QED) is 0.102. The highest BCUT2D eigenvalue weighted by Crippen LogP contribution is 2.22. The van der Waals surface area contributed by atoms with Crippen molar-refractivity contribution in [3.8, 4) is 0 Å². The number of nitrogens with zero attached hydrogens (tertiary/aromatic N) is 3. The van der Waals surface area contributed by atoms with Crippen LogP contribution in [0, 0.1) is 5.92 Å². The Morgan fingerprint density at radius 2 is 1.29 bits per heavy atom. The summed E-state index contributed by atoms with van der Waals surface area (Å²) in [6, 6.07) is 11.2. The van der Waals surface area contributed by atoms with Crippen LogP contribution in [0.2, 0.25) is 0 Å². The van der Waals surface area contributed by atoms with Crippen LogP contribution in [0.4, 0.5) is 27.5 Å². The van der Waals surface area contributed by atoms with Crippen molar-refractivity contribution in [1.82, 2.24) is 15.5 Å². The summed E-state index contributed by atoms with van der Waals surface area (Å²) < 4.78 is 5.04. The Balaban J connectivity index is 1.38. The second-order valence-electron chi connectivity index (χ2n) is 12.5. The molecule has 0 aliphatic carbocycles. The first kappa shape index (κ1) is 40.0. The number of carboxylic acid groups (broad SMARTS) is 2. The fourth-order valence-electron chi connectivity index (χ4n) is 4.55. The van der Waals surface area contributed by atoms with Crippen LogP contribution in [0.1, 0.15) is 46.5 Å². The van der Waals surface area contributed by atoms with Gasteiger partial charge in [-0.3, -0.25) is 33.7 Å². The van der Waals surface area contributed by atoms with E-state index in [1.165, 1.54) is 0 Å². The fourth-order valence-corrected chi connectivity index (χ4v) is 4.55. The first-order valence-electron chi connectivity index (χ1n) is 16.0. The molecule has 0 radical (unpaired) electrons. The number of carbonyl (C=O) groups is 8. The molecule has 0 aromatic heterocycles. The van der Waals surface area contributed by atoms with Crippen molar-refractivity contribution in [2.45, 2.75) is 58.1 Å². The maximum atomic E-state index is 12.3. The molecule has 0 fully saturated rings. The van der Waals surface area contributed by atoms with Crippen molar-refractivity contribution in [3.63, 3.8) is 0 Å². The topological polar surface area (TPSA) is 262 Å². The lowest BCUT2D eigenvalue weighted by Crippen LogP contribution is -2.45. The number of azo groups is 1. The summed E-state index contributed by atoms with van der Waals surface area (Å²) >= 11 is 0. The number of benzene rings is 2. The van der Waals surface area contributed by atoms with Gasteiger partial charge in [-0.15, -0.1) is 0 Å². The molecule has 2 aromatic carbocycles. The molecule has 0 saturated heterocycles. The Morgan fingerprint density at radius 1 is 0.769 bits per heavy atom. The Hall–Kier alpha value is -6.46. The molecular weight excluding hydrogens is 682 g/mol. The lowest BCUT2D eigenvalue weighted by atomic mass is 9.94. The molecule has 1 heterocycles. The van der Waals surface area contributed by atoms with E-state index < -0.39 is 78.1 Å². The molecule has 2 atom stereocenters. The van der Waals surface area contributed by atoms with Crippen molar-refractivity contribution in [1.29, 1.82) is 0 Å². The smallest absolute Gasteiger partial charge is 0.408 e. The Morgan fingerprint density at radius 3 is 1.77 bits per heavy atom. The Kier molecular flexibility index (Phi) is 14.2. The van der Waals surface area contributed by atoms with E-state index in [1.807, 2.05) is 0 Å². The summed E-state index contributed by atoms with van der Waals surface area (Å²) in [7, 11) is 0. The number of carboxylic acids is 2. The molecule has 276 valence electrons. The van der Waals surface area contributed by atoms with Gasteiger partial charge >= 0.3 is 18.0 Å². The summed E-state index contributed by atoms with van der Waals surface area (Å²) in [5.41, 5.74) is 0.901. The number of aliphatic carboxylic acids is 2. The molecule has 6 N–H and O–H groups in total. The Labute approximate surface area is 297 Å². The number of alkyl carbamates (subject to hydrolysis) is 1. The van der Waals surface area contributed by atoms with Crippen LogP contribution < -0.4 is 21.3 Å². The summed E-state index contributed by atoms with van der Waals surface area (Å²) in [6.07, 6.45) is 0.692. The van der Waals surface area contributed by atoms with Crippen LogP contribution in [0.5, 0.6) is 0 Å². The molecule has 0 saturated carbocycles. The van der Waals surface area contributed by atoms with E-state index in [-0.39, 0.29) is 25.8 Å². The van der Waals surface area contributed by atoms with Crippen molar-refractivity contribution in [3.05, 3.63) is 60.7 Å². The van der Waals surface area contributed by atoms with Crippen LogP contribution in [-0.2, 0) is 38.3 Å². The van der Waals surface area contributed by atoms with Crippen LogP contribution >= 0.6 is 0 Å². The third kappa shape index (κ3) is 13.8. The van der Waals surface area contributed by atoms with E-state index in [9.17, 15) is 48.6 Å². The van der Waals surface area contributed by atoms with Crippen LogP contribution in [0.15, 0.2) is 70.9 Å². The first-order valence-corrected chi connectivity index (χ1v) is 16.0. The first-order chi connectivity index (χ1) is 24.5. The Bertz CT molecular complexity index is 1720. The minimum Gasteiger partial charge on any atom is -0.481 e. The number of nitrogens with one attached hydrogen (secondary N) is 4. The normalized spacial score (nSPS) is 13.7. The highest BCUT2D eigenvalue weighted by Gasteiger charge is 2.30. The summed E-state index contributed by atoms with van der Waals surface area (Å²) in [5.74, 6) is -6.57. The second kappa shape index (κ2) is 18.5. The molecule has 52 heavy (non-hydrogen) atoms. The largest absolute Gasteiger partial charge is 0.481 e. The highest BCUT2D eigenvalue weighted by molar-refractivity contribution is 6.15. The zero-order valence-corrected chi connectivity index (χ0v) is 28.6. The van der Waals surface area contributed by atoms with Crippen molar-refractivity contribution in [2.75, 3.05) is 23.7 Å². The number of anilines is 2. The highest BCUT2D eigenvalue weighted by atomic mass is 16.6. The number of rotatable bonds is 17. The molecule has 18 heteroatoms. The molecular formula is C34H39N7O11. The maximum absolute atomic E-state index is 12.3. The van der Waals surface area contributed by atoms with Gasteiger partial charge in [0, 0.05) is 29.9 Å². The number of imide groups is 1. The molecule has 1 aliphatic heterocycles. The average molecular weight is 722 g/mol. The second-order valence-corrected chi connectivity index (χ2v) is 12.5. The van der Waals surface area contributed by atoms with E-state index in [1.54, 1.807) is 69.3 Å². The molecule has 0 bridgehead atoms. The minimum absolute atomic E-state index is 0.0483. The molecule has 3 rings (SSSR count). The van der Waals surface area contributed by atoms with E-state index in [4.69, 9.17) is 4.74 Å². The minimum atomic E-state index is -1.51. The molecule has 1 unspecified atom stereocenters. The van der Waals surface area contributed by atoms with Gasteiger partial charge in [0.25, 0.3) is 11.8 Å². The number of hydrogen-bond donors (Lipinski definition) is 6. The SMILES string of the molecule is CC(C)(C)OC(=O)N[C@@H](CC(CCCC(=O)NCC(=O)Nc1ccc(N=Nc2ccc(NC(=O)CN3C(=O)C=CC3=O)cc2)cc1)C(=O)O)C(=O)O. The van der Waals surface area contributed by atoms with Gasteiger partial charge in [-0.2, -0.15) is 10.2 Å². The van der Waals surface area contributed by atoms with Crippen molar-refractivity contribution < 1.29 is 53.3 Å². The average Bonchev–Trinajstić information content (AvgIpc) is 3.37. The molecule has 6 amide bonds. The third-order valence-electron chi connectivity index (χ3n) is 7.05. The summed E-state index contributed by atoms with van der Waals surface area (Å²) in [5, 5.41) is 37.0. The molecule has 0 spiro atoms. The maximum Gasteiger partial charge on any atom is 0.408 e. The summed E-state index contributed by atoms with van der Waals surface area (Å²) in [6.45, 7) is 4.01. The van der Waals surface area contributed by atoms with E-state index in [0.29, 0.717) is 22.7 Å². The predicted octanol–water partition coefficient (Wildman–Crippen LogP) is 3.26. The van der Waals surface area contributed by atoms with Crippen LogP contribution in [-0.4, -0.2) is 87.4 Å². The monoisotopic (exact) mass is 721 g/mol. The summed E-state index contributed by atoms with van der Waals surface area (Å²) in [4.78, 5) is 96.1. The van der Waals surface area contributed by atoms with E-state index in [2.05, 4.69) is 31.5 Å². The number of hydrogen-bond acceptors (Lipinski definition) is 11. The standard InChI is InChI=1S/C34H39N7O11/c1-34(2,3)52-33(51)38-25(32(49)50)17-20(31(47)48)5-4-6-26(42)35-18-27(43)36-21-7-11-23(12-8-21)39-40-24-13-9-22(10-14-24)37-28(44)19-41-29(45)15-16-30(41)46/h7-16,20,25H,4-6,17-19H2,1-3H3,(H,35,42)(H,36,43)(H,37,44)(H,38,51)(H,47,48)(H,49,50)/t20?,25-/m0/s1. The molecule has 18 nitrogen and oxygen atoms in total. The number of ether oxygens (including phenoxy) is 1. The van der Waals surface area contributed by atoms with Crippen molar-refractivity contribution >= 4 is 70.3 Å². The molecule has 1 aliphatic rings. The van der Waals surface area contributed by atoms with Crippen molar-refractivity contribution in [2.24, 2.45) is 16.1 Å². The zero-order valence-electron chi connectivity index (χ0n) is 28.6. The third-order valence-corrected chi connectivity index (χ3v) is 7.05. The lowest BCUT2D eigenvalue weighted by Gasteiger charge is -2.23. The van der Waals surface area contributed by atoms with Gasteiger partial charge in [-0.1, -0.05) is 0 Å². The van der Waals surface area contributed by atoms with Crippen LogP contribution in [0.3, 0.4) is 0 Å². The van der Waals surface area contributed by atoms with Crippen LogP contribution in [0.25, 0.3) is 0 Å². The number of carbonyl (C=O) groups excluding carboxylic acids is 6. The van der Waals surface area contributed by atoms with Gasteiger partial charge in [0.05, 0.1) is 23.8 Å². The van der Waals surface area contributed by atoms with Gasteiger partial charge in [0.1, 0.15) is 18.2 Å². The van der Waals surface area contributed by atoms with E-state index in [0.717, 1.165) is 17.1 Å². The van der Waals surface area contributed by atoms with Gasteiger partial charge in [-0.25, -0.2) is 9.59 Å². The zero-order chi connectivity index (χ0) is 38.4. The molecule has 2 aromatic rings. The lowest BCUT2D eigenvalue weighted by molar-refractivity contribution is -0.145. The van der Waals surface area contributed by atoms with Gasteiger partial charge in [0.15, 0.2) is 0 Å².